The molecular weight excluding hydrogens is 557 g/mol. The van der Waals surface area contributed by atoms with E-state index in [4.69, 9.17) is 32.4 Å². The number of esters is 1. The Kier molecular flexibility index (Phi) is 8.46. The number of ether oxygens (including phenoxy) is 1. The lowest BCUT2D eigenvalue weighted by Crippen LogP contribution is -2.34. The molecule has 40 heavy (non-hydrogen) atoms. The van der Waals surface area contributed by atoms with Crippen molar-refractivity contribution in [1.82, 2.24) is 5.32 Å². The van der Waals surface area contributed by atoms with Crippen LogP contribution in [-0.4, -0.2) is 30.7 Å². The molecule has 0 radical (unpaired) electrons. The summed E-state index contributed by atoms with van der Waals surface area (Å²) < 4.78 is 10.6. The number of ketones is 1. The predicted octanol–water partition coefficient (Wildman–Crippen LogP) is 5.34. The standard InChI is InChI=1S/C29H25Cl2N3O6/c1-15-5-6-21(9-16(15)2)34-17(3)25(29(38)39-4)26(35)24(34)13-22-7-8-23(40-22)14-32-27(36)28(37)33-20-11-18(30)10-19(31)12-20/h5-13H,14H2,1-4H3,(H,32,36)(H,33,37)/b24-13+. The fourth-order valence-corrected chi connectivity index (χ4v) is 4.65. The van der Waals surface area contributed by atoms with Gasteiger partial charge in [-0.3, -0.25) is 14.4 Å². The maximum atomic E-state index is 13.3. The van der Waals surface area contributed by atoms with Gasteiger partial charge >= 0.3 is 17.8 Å². The third-order valence-electron chi connectivity index (χ3n) is 6.25. The van der Waals surface area contributed by atoms with Gasteiger partial charge in [-0.1, -0.05) is 29.3 Å². The van der Waals surface area contributed by atoms with E-state index in [1.54, 1.807) is 24.0 Å². The smallest absolute Gasteiger partial charge is 0.343 e. The molecule has 0 fully saturated rings. The van der Waals surface area contributed by atoms with E-state index in [1.807, 2.05) is 32.0 Å². The van der Waals surface area contributed by atoms with E-state index < -0.39 is 23.6 Å². The predicted molar refractivity (Wildman–Crippen MR) is 152 cm³/mol. The zero-order valence-corrected chi connectivity index (χ0v) is 23.6. The third-order valence-corrected chi connectivity index (χ3v) is 6.68. The Morgan fingerprint density at radius 1 is 0.950 bits per heavy atom. The van der Waals surface area contributed by atoms with Gasteiger partial charge in [-0.25, -0.2) is 4.79 Å². The molecule has 1 aliphatic heterocycles. The van der Waals surface area contributed by atoms with Crippen LogP contribution in [-0.2, 0) is 30.5 Å². The summed E-state index contributed by atoms with van der Waals surface area (Å²) in [6.45, 7) is 5.52. The Hall–Kier alpha value is -4.34. The highest BCUT2D eigenvalue weighted by atomic mass is 35.5. The van der Waals surface area contributed by atoms with Crippen LogP contribution in [0.2, 0.25) is 10.0 Å². The number of benzene rings is 2. The minimum atomic E-state index is -0.912. The SMILES string of the molecule is COC(=O)C1=C(C)N(c2ccc(C)c(C)c2)/C(=C/c2ccc(CNC(=O)C(=O)Nc3cc(Cl)cc(Cl)c3)o2)C1=O. The molecule has 2 amide bonds. The van der Waals surface area contributed by atoms with Crippen LogP contribution in [0.15, 0.2) is 69.9 Å². The molecule has 1 aromatic heterocycles. The van der Waals surface area contributed by atoms with Crippen LogP contribution >= 0.6 is 23.2 Å². The van der Waals surface area contributed by atoms with Gasteiger partial charge in [0, 0.05) is 33.2 Å². The first-order valence-corrected chi connectivity index (χ1v) is 12.8. The number of Topliss-reactive ketones (excluding diaryl/α,β-unsaturated/α-hetero) is 1. The van der Waals surface area contributed by atoms with Crippen molar-refractivity contribution in [1.29, 1.82) is 0 Å². The lowest BCUT2D eigenvalue weighted by molar-refractivity contribution is -0.137. The quantitative estimate of drug-likeness (QED) is 0.175. The first-order chi connectivity index (χ1) is 19.0. The maximum Gasteiger partial charge on any atom is 0.343 e. The Balaban J connectivity index is 1.52. The van der Waals surface area contributed by atoms with Crippen molar-refractivity contribution in [3.8, 4) is 0 Å². The van der Waals surface area contributed by atoms with Crippen LogP contribution in [0, 0.1) is 13.8 Å². The summed E-state index contributed by atoms with van der Waals surface area (Å²) in [5, 5.41) is 5.50. The number of rotatable bonds is 6. The van der Waals surface area contributed by atoms with Gasteiger partial charge in [0.25, 0.3) is 0 Å². The highest BCUT2D eigenvalue weighted by Crippen LogP contribution is 2.36. The largest absolute Gasteiger partial charge is 0.465 e. The topological polar surface area (TPSA) is 118 Å². The first kappa shape index (κ1) is 28.7. The highest BCUT2D eigenvalue weighted by Gasteiger charge is 2.38. The molecule has 1 aliphatic rings. The third kappa shape index (κ3) is 6.11. The van der Waals surface area contributed by atoms with E-state index >= 15 is 0 Å². The molecule has 0 spiro atoms. The number of halogens is 2. The fraction of sp³-hybridized carbons (Fsp3) is 0.172. The number of methoxy groups -OCH3 is 1. The van der Waals surface area contributed by atoms with E-state index in [2.05, 4.69) is 10.6 Å². The molecule has 0 atom stereocenters. The number of anilines is 2. The summed E-state index contributed by atoms with van der Waals surface area (Å²) in [7, 11) is 1.22. The molecule has 0 aliphatic carbocycles. The average molecular weight is 582 g/mol. The van der Waals surface area contributed by atoms with Crippen LogP contribution < -0.4 is 15.5 Å². The summed E-state index contributed by atoms with van der Waals surface area (Å²) in [6, 6.07) is 13.3. The van der Waals surface area contributed by atoms with Crippen molar-refractivity contribution in [2.45, 2.75) is 27.3 Å². The molecule has 9 nitrogen and oxygen atoms in total. The zero-order chi connectivity index (χ0) is 29.1. The van der Waals surface area contributed by atoms with E-state index in [1.165, 1.54) is 31.4 Å². The van der Waals surface area contributed by atoms with Crippen LogP contribution in [0.4, 0.5) is 11.4 Å². The summed E-state index contributed by atoms with van der Waals surface area (Å²) in [5.74, 6) is -2.42. The van der Waals surface area contributed by atoms with Crippen LogP contribution in [0.5, 0.6) is 0 Å². The fourth-order valence-electron chi connectivity index (χ4n) is 4.12. The molecule has 0 saturated heterocycles. The monoisotopic (exact) mass is 581 g/mol. The minimum Gasteiger partial charge on any atom is -0.465 e. The van der Waals surface area contributed by atoms with Crippen molar-refractivity contribution >= 4 is 64.2 Å². The Morgan fingerprint density at radius 2 is 1.65 bits per heavy atom. The van der Waals surface area contributed by atoms with Crippen molar-refractivity contribution in [3.63, 3.8) is 0 Å². The molecule has 2 heterocycles. The van der Waals surface area contributed by atoms with Crippen molar-refractivity contribution in [2.24, 2.45) is 0 Å². The summed E-state index contributed by atoms with van der Waals surface area (Å²) in [4.78, 5) is 52.0. The number of carbonyl (C=O) groups excluding carboxylic acids is 4. The molecule has 0 unspecified atom stereocenters. The van der Waals surface area contributed by atoms with Gasteiger partial charge in [0.05, 0.1) is 19.4 Å². The van der Waals surface area contributed by atoms with Crippen LogP contribution in [0.3, 0.4) is 0 Å². The molecule has 0 saturated carbocycles. The Bertz CT molecular complexity index is 1580. The number of nitrogens with zero attached hydrogens (tertiary/aromatic N) is 1. The van der Waals surface area contributed by atoms with Gasteiger partial charge in [0.15, 0.2) is 0 Å². The van der Waals surface area contributed by atoms with Gasteiger partial charge in [-0.2, -0.15) is 0 Å². The molecule has 4 rings (SSSR count). The lowest BCUT2D eigenvalue weighted by Gasteiger charge is -2.22. The molecule has 3 aromatic rings. The normalized spacial score (nSPS) is 14.1. The number of furan rings is 1. The van der Waals surface area contributed by atoms with Gasteiger partial charge < -0.3 is 24.7 Å². The summed E-state index contributed by atoms with van der Waals surface area (Å²) >= 11 is 11.8. The van der Waals surface area contributed by atoms with Crippen molar-refractivity contribution < 1.29 is 28.3 Å². The second kappa shape index (κ2) is 11.8. The zero-order valence-electron chi connectivity index (χ0n) is 22.1. The van der Waals surface area contributed by atoms with Gasteiger partial charge in [0.1, 0.15) is 17.1 Å². The number of allylic oxidation sites excluding steroid dienone is 2. The van der Waals surface area contributed by atoms with E-state index in [0.717, 1.165) is 11.1 Å². The maximum absolute atomic E-state index is 13.3. The second-order valence-electron chi connectivity index (χ2n) is 9.01. The molecular formula is C29H25Cl2N3O6. The van der Waals surface area contributed by atoms with Gasteiger partial charge in [0.2, 0.25) is 5.78 Å². The van der Waals surface area contributed by atoms with E-state index in [9.17, 15) is 19.2 Å². The number of aryl methyl sites for hydroxylation is 2. The van der Waals surface area contributed by atoms with Crippen molar-refractivity contribution in [3.05, 3.63) is 98.2 Å². The van der Waals surface area contributed by atoms with Crippen LogP contribution in [0.1, 0.15) is 29.6 Å². The second-order valence-corrected chi connectivity index (χ2v) is 9.89. The van der Waals surface area contributed by atoms with Crippen molar-refractivity contribution in [2.75, 3.05) is 17.3 Å². The molecule has 206 valence electrons. The number of nitrogens with one attached hydrogen (secondary N) is 2. The Morgan fingerprint density at radius 3 is 2.30 bits per heavy atom. The first-order valence-electron chi connectivity index (χ1n) is 12.1. The van der Waals surface area contributed by atoms with E-state index in [-0.39, 0.29) is 23.5 Å². The number of hydrogen-bond acceptors (Lipinski definition) is 7. The summed E-state index contributed by atoms with van der Waals surface area (Å²) in [6.07, 6.45) is 1.51. The molecule has 11 heteroatoms. The van der Waals surface area contributed by atoms with Gasteiger partial charge in [-0.15, -0.1) is 0 Å². The van der Waals surface area contributed by atoms with Crippen LogP contribution in [0.25, 0.3) is 6.08 Å². The average Bonchev–Trinajstić information content (AvgIpc) is 3.44. The summed E-state index contributed by atoms with van der Waals surface area (Å²) in [5.41, 5.74) is 3.63. The molecule has 2 N–H and O–H groups in total. The van der Waals surface area contributed by atoms with Gasteiger partial charge in [-0.05, 0) is 74.4 Å². The Labute approximate surface area is 240 Å². The number of carbonyl (C=O) groups is 4. The highest BCUT2D eigenvalue weighted by molar-refractivity contribution is 6.40. The number of hydrogen-bond donors (Lipinski definition) is 2. The minimum absolute atomic E-state index is 0.0713. The molecule has 0 bridgehead atoms. The van der Waals surface area contributed by atoms with E-state index in [0.29, 0.717) is 33.0 Å². The molecule has 2 aromatic carbocycles. The number of amides is 2. The lowest BCUT2D eigenvalue weighted by atomic mass is 10.1.